The topological polar surface area (TPSA) is 32.3 Å². The molecule has 1 aliphatic rings. The van der Waals surface area contributed by atoms with Gasteiger partial charge in [0.25, 0.3) is 0 Å². The molecule has 0 aromatic carbocycles. The Labute approximate surface area is 93.2 Å². The van der Waals surface area contributed by atoms with Gasteiger partial charge in [-0.3, -0.25) is 4.79 Å². The Morgan fingerprint density at radius 2 is 2.20 bits per heavy atom. The van der Waals surface area contributed by atoms with Gasteiger partial charge in [0.15, 0.2) is 0 Å². The fourth-order valence-electron chi connectivity index (χ4n) is 2.25. The number of hydrogen-bond donors (Lipinski definition) is 1. The first-order valence-electron chi connectivity index (χ1n) is 6.11. The van der Waals surface area contributed by atoms with Crippen LogP contribution in [0.2, 0.25) is 0 Å². The van der Waals surface area contributed by atoms with Crippen molar-refractivity contribution in [3.05, 3.63) is 0 Å². The van der Waals surface area contributed by atoms with Crippen LogP contribution in [-0.2, 0) is 4.79 Å². The van der Waals surface area contributed by atoms with E-state index in [2.05, 4.69) is 24.1 Å². The largest absolute Gasteiger partial charge is 0.340 e. The van der Waals surface area contributed by atoms with Gasteiger partial charge in [0.2, 0.25) is 5.91 Å². The SMILES string of the molecule is CNCCCC(=O)N1CCCC(C)C1C. The fraction of sp³-hybridized carbons (Fsp3) is 0.917. The normalized spacial score (nSPS) is 26.7. The third-order valence-electron chi connectivity index (χ3n) is 3.51. The lowest BCUT2D eigenvalue weighted by Crippen LogP contribution is -2.46. The molecule has 0 bridgehead atoms. The molecular formula is C12H24N2O. The van der Waals surface area contributed by atoms with E-state index in [9.17, 15) is 4.79 Å². The second kappa shape index (κ2) is 6.11. The number of hydrogen-bond acceptors (Lipinski definition) is 2. The van der Waals surface area contributed by atoms with Crippen molar-refractivity contribution >= 4 is 5.91 Å². The van der Waals surface area contributed by atoms with Crippen LogP contribution in [0.1, 0.15) is 39.5 Å². The van der Waals surface area contributed by atoms with Crippen molar-refractivity contribution in [2.45, 2.75) is 45.6 Å². The average Bonchev–Trinajstić information content (AvgIpc) is 2.22. The summed E-state index contributed by atoms with van der Waals surface area (Å²) in [6.45, 7) is 6.32. The number of carbonyl (C=O) groups is 1. The summed E-state index contributed by atoms with van der Waals surface area (Å²) in [6, 6.07) is 0.431. The summed E-state index contributed by atoms with van der Waals surface area (Å²) in [7, 11) is 1.93. The first-order valence-corrected chi connectivity index (χ1v) is 6.11. The molecule has 2 atom stereocenters. The number of carbonyl (C=O) groups excluding carboxylic acids is 1. The molecule has 3 heteroatoms. The Morgan fingerprint density at radius 1 is 1.47 bits per heavy atom. The molecule has 1 N–H and O–H groups in total. The monoisotopic (exact) mass is 212 g/mol. The van der Waals surface area contributed by atoms with Gasteiger partial charge in [-0.2, -0.15) is 0 Å². The zero-order chi connectivity index (χ0) is 11.3. The summed E-state index contributed by atoms with van der Waals surface area (Å²) in [4.78, 5) is 14.0. The smallest absolute Gasteiger partial charge is 0.222 e. The fourth-order valence-corrected chi connectivity index (χ4v) is 2.25. The van der Waals surface area contributed by atoms with E-state index in [1.807, 2.05) is 7.05 Å². The molecule has 0 saturated carbocycles. The van der Waals surface area contributed by atoms with Gasteiger partial charge in [-0.25, -0.2) is 0 Å². The molecule has 0 aromatic heterocycles. The Balaban J connectivity index is 2.37. The van der Waals surface area contributed by atoms with Crippen molar-refractivity contribution in [1.82, 2.24) is 10.2 Å². The summed E-state index contributed by atoms with van der Waals surface area (Å²) >= 11 is 0. The lowest BCUT2D eigenvalue weighted by Gasteiger charge is -2.38. The van der Waals surface area contributed by atoms with Gasteiger partial charge in [0, 0.05) is 19.0 Å². The number of nitrogens with zero attached hydrogens (tertiary/aromatic N) is 1. The minimum atomic E-state index is 0.337. The van der Waals surface area contributed by atoms with E-state index in [-0.39, 0.29) is 0 Å². The highest BCUT2D eigenvalue weighted by Crippen LogP contribution is 2.23. The second-order valence-electron chi connectivity index (χ2n) is 4.65. The number of amides is 1. The Kier molecular flexibility index (Phi) is 5.09. The van der Waals surface area contributed by atoms with Crippen LogP contribution < -0.4 is 5.32 Å². The van der Waals surface area contributed by atoms with Gasteiger partial charge in [0.1, 0.15) is 0 Å². The summed E-state index contributed by atoms with van der Waals surface area (Å²) in [5.41, 5.74) is 0. The minimum absolute atomic E-state index is 0.337. The number of nitrogens with one attached hydrogen (secondary N) is 1. The number of likely N-dealkylation sites (tertiary alicyclic amines) is 1. The van der Waals surface area contributed by atoms with E-state index >= 15 is 0 Å². The van der Waals surface area contributed by atoms with Crippen LogP contribution in [-0.4, -0.2) is 37.0 Å². The highest BCUT2D eigenvalue weighted by Gasteiger charge is 2.27. The van der Waals surface area contributed by atoms with Crippen LogP contribution in [0.25, 0.3) is 0 Å². The molecule has 0 aromatic rings. The zero-order valence-corrected chi connectivity index (χ0v) is 10.3. The van der Waals surface area contributed by atoms with Gasteiger partial charge in [-0.05, 0) is 45.7 Å². The van der Waals surface area contributed by atoms with Crippen LogP contribution in [0, 0.1) is 5.92 Å². The van der Waals surface area contributed by atoms with Crippen LogP contribution in [0.4, 0.5) is 0 Å². The van der Waals surface area contributed by atoms with Crippen molar-refractivity contribution in [2.75, 3.05) is 20.1 Å². The van der Waals surface area contributed by atoms with Crippen LogP contribution in [0.3, 0.4) is 0 Å². The van der Waals surface area contributed by atoms with Crippen LogP contribution in [0.15, 0.2) is 0 Å². The summed E-state index contributed by atoms with van der Waals surface area (Å²) in [5, 5.41) is 3.08. The molecule has 1 aliphatic heterocycles. The molecule has 1 amide bonds. The molecule has 2 unspecified atom stereocenters. The van der Waals surface area contributed by atoms with Crippen molar-refractivity contribution in [1.29, 1.82) is 0 Å². The maximum atomic E-state index is 11.9. The van der Waals surface area contributed by atoms with Gasteiger partial charge < -0.3 is 10.2 Å². The van der Waals surface area contributed by atoms with Crippen molar-refractivity contribution < 1.29 is 4.79 Å². The average molecular weight is 212 g/mol. The van der Waals surface area contributed by atoms with E-state index in [4.69, 9.17) is 0 Å². The van der Waals surface area contributed by atoms with Gasteiger partial charge in [-0.1, -0.05) is 6.92 Å². The van der Waals surface area contributed by atoms with Crippen LogP contribution >= 0.6 is 0 Å². The van der Waals surface area contributed by atoms with Crippen LogP contribution in [0.5, 0.6) is 0 Å². The Hall–Kier alpha value is -0.570. The number of piperidine rings is 1. The molecule has 0 spiro atoms. The predicted octanol–water partition coefficient (Wildman–Crippen LogP) is 1.63. The number of rotatable bonds is 4. The highest BCUT2D eigenvalue weighted by molar-refractivity contribution is 5.76. The van der Waals surface area contributed by atoms with E-state index < -0.39 is 0 Å². The third-order valence-corrected chi connectivity index (χ3v) is 3.51. The maximum absolute atomic E-state index is 11.9. The molecule has 3 nitrogen and oxygen atoms in total. The Morgan fingerprint density at radius 3 is 2.87 bits per heavy atom. The first-order chi connectivity index (χ1) is 7.16. The summed E-state index contributed by atoms with van der Waals surface area (Å²) < 4.78 is 0. The third kappa shape index (κ3) is 3.49. The van der Waals surface area contributed by atoms with Gasteiger partial charge in [-0.15, -0.1) is 0 Å². The van der Waals surface area contributed by atoms with Gasteiger partial charge >= 0.3 is 0 Å². The quantitative estimate of drug-likeness (QED) is 0.718. The molecule has 15 heavy (non-hydrogen) atoms. The molecule has 1 rings (SSSR count). The van der Waals surface area contributed by atoms with Gasteiger partial charge in [0.05, 0.1) is 0 Å². The van der Waals surface area contributed by atoms with Crippen molar-refractivity contribution in [3.8, 4) is 0 Å². The molecule has 0 aliphatic carbocycles. The second-order valence-corrected chi connectivity index (χ2v) is 4.65. The summed E-state index contributed by atoms with van der Waals surface area (Å²) in [5.74, 6) is 0.997. The molecule has 0 radical (unpaired) electrons. The first kappa shape index (κ1) is 12.5. The van der Waals surface area contributed by atoms with Crippen molar-refractivity contribution in [2.24, 2.45) is 5.92 Å². The standard InChI is InChI=1S/C12H24N2O/c1-10-6-5-9-14(11(10)2)12(15)7-4-8-13-3/h10-11,13H,4-9H2,1-3H3. The van der Waals surface area contributed by atoms with E-state index in [1.54, 1.807) is 0 Å². The zero-order valence-electron chi connectivity index (χ0n) is 10.3. The lowest BCUT2D eigenvalue weighted by molar-refractivity contribution is -0.135. The van der Waals surface area contributed by atoms with Crippen molar-refractivity contribution in [3.63, 3.8) is 0 Å². The summed E-state index contributed by atoms with van der Waals surface area (Å²) in [6.07, 6.45) is 4.08. The van der Waals surface area contributed by atoms with E-state index in [0.29, 0.717) is 24.3 Å². The minimum Gasteiger partial charge on any atom is -0.340 e. The lowest BCUT2D eigenvalue weighted by atomic mass is 9.92. The molecule has 1 fully saturated rings. The molecular weight excluding hydrogens is 188 g/mol. The highest BCUT2D eigenvalue weighted by atomic mass is 16.2. The van der Waals surface area contributed by atoms with E-state index in [0.717, 1.165) is 19.5 Å². The predicted molar refractivity (Wildman–Crippen MR) is 62.7 cm³/mol. The molecule has 1 heterocycles. The molecule has 1 saturated heterocycles. The molecule has 88 valence electrons. The van der Waals surface area contributed by atoms with E-state index in [1.165, 1.54) is 12.8 Å². The Bertz CT molecular complexity index is 206. The maximum Gasteiger partial charge on any atom is 0.222 e.